The molecule has 6 heteroatoms. The molecule has 0 radical (unpaired) electrons. The molecule has 150 valence electrons. The average Bonchev–Trinajstić information content (AvgIpc) is 2.91. The van der Waals surface area contributed by atoms with Gasteiger partial charge in [0.25, 0.3) is 0 Å². The second-order valence-corrected chi connectivity index (χ2v) is 7.83. The third-order valence-electron chi connectivity index (χ3n) is 5.56. The highest BCUT2D eigenvalue weighted by Gasteiger charge is 2.20. The first-order chi connectivity index (χ1) is 13.2. The summed E-state index contributed by atoms with van der Waals surface area (Å²) in [6, 6.07) is 2.02. The largest absolute Gasteiger partial charge is 0.473 e. The lowest BCUT2D eigenvalue weighted by atomic mass is 10.1. The van der Waals surface area contributed by atoms with Crippen LogP contribution in [0.15, 0.2) is 25.0 Å². The first kappa shape index (κ1) is 20.1. The Balaban J connectivity index is 1.62. The molecular weight excluding hydrogens is 338 g/mol. The Morgan fingerprint density at radius 1 is 1.07 bits per heavy atom. The number of allylic oxidation sites excluding steroid dienone is 1. The van der Waals surface area contributed by atoms with Crippen molar-refractivity contribution in [1.29, 1.82) is 0 Å². The van der Waals surface area contributed by atoms with E-state index < -0.39 is 0 Å². The Morgan fingerprint density at radius 3 is 2.74 bits per heavy atom. The van der Waals surface area contributed by atoms with Crippen molar-refractivity contribution in [2.24, 2.45) is 0 Å². The summed E-state index contributed by atoms with van der Waals surface area (Å²) >= 11 is 0. The molecule has 1 atom stereocenters. The van der Waals surface area contributed by atoms with E-state index in [9.17, 15) is 0 Å². The SMILES string of the molecule is C=CCC[C@@H](CN1CCCN(C)CC1)Oc1cc(N2CCCCC2)ncn1. The first-order valence-electron chi connectivity index (χ1n) is 10.5. The summed E-state index contributed by atoms with van der Waals surface area (Å²) in [7, 11) is 2.21. The Labute approximate surface area is 164 Å². The molecular formula is C21H35N5O. The number of piperidine rings is 1. The van der Waals surface area contributed by atoms with Crippen molar-refractivity contribution in [1.82, 2.24) is 19.8 Å². The minimum atomic E-state index is 0.135. The molecule has 0 unspecified atom stereocenters. The molecule has 0 saturated carbocycles. The van der Waals surface area contributed by atoms with Gasteiger partial charge in [-0.1, -0.05) is 6.08 Å². The van der Waals surface area contributed by atoms with Crippen molar-refractivity contribution < 1.29 is 4.74 Å². The fourth-order valence-electron chi connectivity index (χ4n) is 3.92. The maximum absolute atomic E-state index is 6.34. The van der Waals surface area contributed by atoms with Gasteiger partial charge in [-0.3, -0.25) is 4.90 Å². The van der Waals surface area contributed by atoms with Crippen molar-refractivity contribution in [3.8, 4) is 5.88 Å². The summed E-state index contributed by atoms with van der Waals surface area (Å²) in [5.41, 5.74) is 0. The van der Waals surface area contributed by atoms with Gasteiger partial charge in [0.2, 0.25) is 5.88 Å². The number of aromatic nitrogens is 2. The van der Waals surface area contributed by atoms with Crippen molar-refractivity contribution >= 4 is 5.82 Å². The number of rotatable bonds is 8. The summed E-state index contributed by atoms with van der Waals surface area (Å²) in [5.74, 6) is 1.70. The molecule has 6 nitrogen and oxygen atoms in total. The van der Waals surface area contributed by atoms with E-state index >= 15 is 0 Å². The molecule has 2 aliphatic rings. The van der Waals surface area contributed by atoms with Crippen LogP contribution in [0.25, 0.3) is 0 Å². The van der Waals surface area contributed by atoms with Crippen LogP contribution in [0.3, 0.4) is 0 Å². The maximum atomic E-state index is 6.34. The van der Waals surface area contributed by atoms with Crippen LogP contribution < -0.4 is 9.64 Å². The molecule has 27 heavy (non-hydrogen) atoms. The Kier molecular flexibility index (Phi) is 7.90. The van der Waals surface area contributed by atoms with Crippen LogP contribution in [0.5, 0.6) is 5.88 Å². The van der Waals surface area contributed by atoms with Gasteiger partial charge in [-0.05, 0) is 58.7 Å². The topological polar surface area (TPSA) is 44.7 Å². The Bertz CT molecular complexity index is 575. The highest BCUT2D eigenvalue weighted by Crippen LogP contribution is 2.21. The average molecular weight is 374 g/mol. The number of likely N-dealkylation sites (N-methyl/N-ethyl adjacent to an activating group) is 1. The molecule has 0 aliphatic carbocycles. The lowest BCUT2D eigenvalue weighted by Crippen LogP contribution is -2.38. The van der Waals surface area contributed by atoms with Crippen LogP contribution in [0.2, 0.25) is 0 Å². The van der Waals surface area contributed by atoms with E-state index in [0.717, 1.165) is 57.9 Å². The summed E-state index contributed by atoms with van der Waals surface area (Å²) in [4.78, 5) is 16.2. The van der Waals surface area contributed by atoms with Crippen molar-refractivity contribution in [2.75, 3.05) is 57.8 Å². The van der Waals surface area contributed by atoms with E-state index in [4.69, 9.17) is 4.74 Å². The van der Waals surface area contributed by atoms with Gasteiger partial charge in [0.15, 0.2) is 0 Å². The molecule has 3 rings (SSSR count). The van der Waals surface area contributed by atoms with Gasteiger partial charge < -0.3 is 14.5 Å². The predicted octanol–water partition coefficient (Wildman–Crippen LogP) is 2.82. The maximum Gasteiger partial charge on any atom is 0.218 e. The van der Waals surface area contributed by atoms with Gasteiger partial charge in [-0.25, -0.2) is 9.97 Å². The van der Waals surface area contributed by atoms with E-state index in [2.05, 4.69) is 38.3 Å². The molecule has 0 spiro atoms. The van der Waals surface area contributed by atoms with Crippen molar-refractivity contribution in [3.63, 3.8) is 0 Å². The molecule has 0 amide bonds. The molecule has 1 aromatic heterocycles. The number of anilines is 1. The van der Waals surface area contributed by atoms with Crippen LogP contribution in [-0.2, 0) is 0 Å². The van der Waals surface area contributed by atoms with Crippen LogP contribution in [-0.4, -0.2) is 78.7 Å². The molecule has 0 bridgehead atoms. The molecule has 2 saturated heterocycles. The van der Waals surface area contributed by atoms with E-state index in [0.29, 0.717) is 5.88 Å². The third-order valence-corrected chi connectivity index (χ3v) is 5.56. The molecule has 2 fully saturated rings. The molecule has 1 aromatic rings. The molecule has 0 N–H and O–H groups in total. The minimum Gasteiger partial charge on any atom is -0.473 e. The van der Waals surface area contributed by atoms with Gasteiger partial charge in [-0.15, -0.1) is 6.58 Å². The van der Waals surface area contributed by atoms with E-state index in [-0.39, 0.29) is 6.10 Å². The van der Waals surface area contributed by atoms with Gasteiger partial charge >= 0.3 is 0 Å². The summed E-state index contributed by atoms with van der Waals surface area (Å²) in [6.45, 7) is 11.5. The lowest BCUT2D eigenvalue weighted by molar-refractivity contribution is 0.123. The van der Waals surface area contributed by atoms with Crippen molar-refractivity contribution in [3.05, 3.63) is 25.0 Å². The fraction of sp³-hybridized carbons (Fsp3) is 0.714. The van der Waals surface area contributed by atoms with E-state index in [1.807, 2.05) is 12.1 Å². The van der Waals surface area contributed by atoms with Gasteiger partial charge in [0.1, 0.15) is 18.2 Å². The lowest BCUT2D eigenvalue weighted by Gasteiger charge is -2.29. The number of nitrogens with zero attached hydrogens (tertiary/aromatic N) is 5. The van der Waals surface area contributed by atoms with E-state index in [1.54, 1.807) is 6.33 Å². The Hall–Kier alpha value is -1.66. The minimum absolute atomic E-state index is 0.135. The molecule has 0 aromatic carbocycles. The monoisotopic (exact) mass is 373 g/mol. The van der Waals surface area contributed by atoms with E-state index in [1.165, 1.54) is 32.2 Å². The highest BCUT2D eigenvalue weighted by atomic mass is 16.5. The second kappa shape index (κ2) is 10.6. The standard InChI is InChI=1S/C21H35N5O/c1-3-4-9-19(17-25-11-8-10-24(2)14-15-25)27-21-16-20(22-18-23-21)26-12-6-5-7-13-26/h3,16,18-19H,1,4-15,17H2,2H3/t19-/m0/s1. The van der Waals surface area contributed by atoms with Crippen LogP contribution in [0.1, 0.15) is 38.5 Å². The summed E-state index contributed by atoms with van der Waals surface area (Å²) < 4.78 is 6.34. The zero-order chi connectivity index (χ0) is 18.9. The zero-order valence-electron chi connectivity index (χ0n) is 16.9. The first-order valence-corrected chi connectivity index (χ1v) is 10.5. The molecule has 2 aliphatic heterocycles. The second-order valence-electron chi connectivity index (χ2n) is 7.83. The number of hydrogen-bond donors (Lipinski definition) is 0. The quantitative estimate of drug-likeness (QED) is 0.653. The van der Waals surface area contributed by atoms with Crippen molar-refractivity contribution in [2.45, 2.75) is 44.6 Å². The predicted molar refractivity (Wildman–Crippen MR) is 110 cm³/mol. The summed E-state index contributed by atoms with van der Waals surface area (Å²) in [5, 5.41) is 0. The third kappa shape index (κ3) is 6.47. The van der Waals surface area contributed by atoms with Crippen LogP contribution >= 0.6 is 0 Å². The highest BCUT2D eigenvalue weighted by molar-refractivity contribution is 5.41. The fourth-order valence-corrected chi connectivity index (χ4v) is 3.92. The summed E-state index contributed by atoms with van der Waals surface area (Å²) in [6.07, 6.45) is 10.7. The van der Waals surface area contributed by atoms with Crippen LogP contribution in [0.4, 0.5) is 5.82 Å². The number of ether oxygens (including phenoxy) is 1. The van der Waals surface area contributed by atoms with Crippen LogP contribution in [0, 0.1) is 0 Å². The Morgan fingerprint density at radius 2 is 1.93 bits per heavy atom. The van der Waals surface area contributed by atoms with Gasteiger partial charge in [-0.2, -0.15) is 0 Å². The van der Waals surface area contributed by atoms with Gasteiger partial charge in [0.05, 0.1) is 0 Å². The molecule has 3 heterocycles. The van der Waals surface area contributed by atoms with Gasteiger partial charge in [0, 0.05) is 38.8 Å². The smallest absolute Gasteiger partial charge is 0.218 e. The zero-order valence-corrected chi connectivity index (χ0v) is 16.9. The number of hydrogen-bond acceptors (Lipinski definition) is 6. The normalized spacial score (nSPS) is 20.9.